The van der Waals surface area contributed by atoms with Gasteiger partial charge in [0.2, 0.25) is 0 Å². The van der Waals surface area contributed by atoms with Crippen molar-refractivity contribution in [1.29, 1.82) is 0 Å². The Morgan fingerprint density at radius 1 is 1.04 bits per heavy atom. The Balaban J connectivity index is 2.03. The summed E-state index contributed by atoms with van der Waals surface area (Å²) < 4.78 is 28.8. The van der Waals surface area contributed by atoms with Crippen molar-refractivity contribution in [2.24, 2.45) is 0 Å². The van der Waals surface area contributed by atoms with E-state index in [0.29, 0.717) is 17.2 Å². The van der Waals surface area contributed by atoms with Crippen molar-refractivity contribution >= 4 is 17.6 Å². The van der Waals surface area contributed by atoms with Crippen LogP contribution < -0.4 is 14.8 Å². The first kappa shape index (κ1) is 18.3. The number of methoxy groups -OCH3 is 2. The second kappa shape index (κ2) is 8.14. The summed E-state index contributed by atoms with van der Waals surface area (Å²) in [5.41, 5.74) is 0.213. The van der Waals surface area contributed by atoms with Gasteiger partial charge in [-0.25, -0.2) is 9.18 Å². The molecule has 0 radical (unpaired) electrons. The minimum atomic E-state index is -1.11. The van der Waals surface area contributed by atoms with Gasteiger partial charge in [-0.1, -0.05) is 12.1 Å². The first-order valence-electron chi connectivity index (χ1n) is 7.44. The predicted molar refractivity (Wildman–Crippen MR) is 89.5 cm³/mol. The van der Waals surface area contributed by atoms with Crippen molar-refractivity contribution in [3.63, 3.8) is 0 Å². The monoisotopic (exact) mass is 347 g/mol. The molecule has 0 aliphatic carbocycles. The third kappa shape index (κ3) is 4.47. The molecular formula is C18H18FNO5. The Hall–Kier alpha value is -3.09. The number of rotatable bonds is 6. The smallest absolute Gasteiger partial charge is 0.341 e. The van der Waals surface area contributed by atoms with Crippen LogP contribution in [0.15, 0.2) is 42.5 Å². The fourth-order valence-electron chi connectivity index (χ4n) is 2.06. The molecule has 0 heterocycles. The van der Waals surface area contributed by atoms with Gasteiger partial charge in [0, 0.05) is 11.8 Å². The summed E-state index contributed by atoms with van der Waals surface area (Å²) in [5.74, 6) is -1.22. The van der Waals surface area contributed by atoms with Crippen LogP contribution in [0.25, 0.3) is 0 Å². The molecule has 1 atom stereocenters. The molecule has 2 aromatic rings. The van der Waals surface area contributed by atoms with E-state index in [1.807, 2.05) is 0 Å². The van der Waals surface area contributed by atoms with Gasteiger partial charge in [-0.3, -0.25) is 4.79 Å². The van der Waals surface area contributed by atoms with Crippen molar-refractivity contribution in [2.75, 3.05) is 19.5 Å². The Morgan fingerprint density at radius 3 is 2.36 bits per heavy atom. The molecule has 0 aromatic heterocycles. The van der Waals surface area contributed by atoms with Crippen molar-refractivity contribution in [2.45, 2.75) is 13.0 Å². The van der Waals surface area contributed by atoms with Crippen molar-refractivity contribution in [1.82, 2.24) is 0 Å². The van der Waals surface area contributed by atoms with Crippen LogP contribution in [0.5, 0.6) is 11.5 Å². The second-order valence-electron chi connectivity index (χ2n) is 5.09. The number of hydrogen-bond donors (Lipinski definition) is 1. The lowest BCUT2D eigenvalue weighted by atomic mass is 10.2. The first-order valence-corrected chi connectivity index (χ1v) is 7.44. The van der Waals surface area contributed by atoms with Gasteiger partial charge in [0.1, 0.15) is 5.82 Å². The molecule has 0 aliphatic rings. The van der Waals surface area contributed by atoms with Crippen LogP contribution in [-0.4, -0.2) is 32.2 Å². The number of ether oxygens (including phenoxy) is 3. The molecule has 2 aromatic carbocycles. The maximum absolute atomic E-state index is 13.6. The second-order valence-corrected chi connectivity index (χ2v) is 5.09. The summed E-state index contributed by atoms with van der Waals surface area (Å²) in [6, 6.07) is 10.2. The van der Waals surface area contributed by atoms with Crippen LogP contribution in [0, 0.1) is 5.82 Å². The SMILES string of the molecule is COc1ccc(NC(=O)[C@H](C)OC(=O)c2ccccc2F)cc1OC. The molecule has 1 N–H and O–H groups in total. The number of halogens is 1. The van der Waals surface area contributed by atoms with Gasteiger partial charge in [0.25, 0.3) is 5.91 Å². The summed E-state index contributed by atoms with van der Waals surface area (Å²) in [5, 5.41) is 2.59. The number of carbonyl (C=O) groups excluding carboxylic acids is 2. The Labute approximate surface area is 144 Å². The van der Waals surface area contributed by atoms with Gasteiger partial charge in [0.05, 0.1) is 19.8 Å². The summed E-state index contributed by atoms with van der Waals surface area (Å²) in [6.45, 7) is 1.40. The highest BCUT2D eigenvalue weighted by atomic mass is 19.1. The zero-order valence-corrected chi connectivity index (χ0v) is 14.0. The summed E-state index contributed by atoms with van der Waals surface area (Å²) in [7, 11) is 2.97. The number of nitrogens with one attached hydrogen (secondary N) is 1. The topological polar surface area (TPSA) is 73.9 Å². The lowest BCUT2D eigenvalue weighted by Crippen LogP contribution is -2.30. The molecule has 0 saturated carbocycles. The molecule has 0 bridgehead atoms. The van der Waals surface area contributed by atoms with Crippen LogP contribution in [0.3, 0.4) is 0 Å². The van der Waals surface area contributed by atoms with E-state index in [9.17, 15) is 14.0 Å². The van der Waals surface area contributed by atoms with Gasteiger partial charge >= 0.3 is 5.97 Å². The van der Waals surface area contributed by atoms with Crippen molar-refractivity contribution in [3.8, 4) is 11.5 Å². The number of benzene rings is 2. The third-order valence-electron chi connectivity index (χ3n) is 3.40. The highest BCUT2D eigenvalue weighted by Gasteiger charge is 2.21. The van der Waals surface area contributed by atoms with E-state index in [1.165, 1.54) is 39.3 Å². The number of esters is 1. The lowest BCUT2D eigenvalue weighted by Gasteiger charge is -2.15. The van der Waals surface area contributed by atoms with E-state index in [2.05, 4.69) is 5.32 Å². The standard InChI is InChI=1S/C18H18FNO5/c1-11(25-18(22)13-6-4-5-7-14(13)19)17(21)20-12-8-9-15(23-2)16(10-12)24-3/h4-11H,1-3H3,(H,20,21)/t11-/m0/s1. The van der Waals surface area contributed by atoms with Gasteiger partial charge in [-0.05, 0) is 31.2 Å². The molecule has 7 heteroatoms. The first-order chi connectivity index (χ1) is 12.0. The van der Waals surface area contributed by atoms with Crippen molar-refractivity contribution < 1.29 is 28.2 Å². The zero-order valence-electron chi connectivity index (χ0n) is 14.0. The minimum Gasteiger partial charge on any atom is -0.493 e. The molecule has 2 rings (SSSR count). The van der Waals surface area contributed by atoms with Crippen LogP contribution in [0.2, 0.25) is 0 Å². The highest BCUT2D eigenvalue weighted by Crippen LogP contribution is 2.29. The molecule has 1 amide bonds. The van der Waals surface area contributed by atoms with Crippen LogP contribution in [0.4, 0.5) is 10.1 Å². The third-order valence-corrected chi connectivity index (χ3v) is 3.40. The minimum absolute atomic E-state index is 0.228. The maximum atomic E-state index is 13.6. The Kier molecular flexibility index (Phi) is 5.94. The maximum Gasteiger partial charge on any atom is 0.341 e. The molecule has 0 spiro atoms. The normalized spacial score (nSPS) is 11.4. The van der Waals surface area contributed by atoms with E-state index in [1.54, 1.807) is 18.2 Å². The Bertz CT molecular complexity index is 778. The number of carbonyl (C=O) groups is 2. The quantitative estimate of drug-likeness (QED) is 0.813. The predicted octanol–water partition coefficient (Wildman–Crippen LogP) is 3.03. The van der Waals surface area contributed by atoms with Gasteiger partial charge < -0.3 is 19.5 Å². The van der Waals surface area contributed by atoms with E-state index in [4.69, 9.17) is 14.2 Å². The summed E-state index contributed by atoms with van der Waals surface area (Å²) >= 11 is 0. The zero-order chi connectivity index (χ0) is 18.4. The van der Waals surface area contributed by atoms with E-state index < -0.39 is 23.8 Å². The lowest BCUT2D eigenvalue weighted by molar-refractivity contribution is -0.123. The molecular weight excluding hydrogens is 329 g/mol. The number of anilines is 1. The largest absolute Gasteiger partial charge is 0.493 e. The Morgan fingerprint density at radius 2 is 1.72 bits per heavy atom. The van der Waals surface area contributed by atoms with Gasteiger partial charge in [-0.15, -0.1) is 0 Å². The average molecular weight is 347 g/mol. The molecule has 132 valence electrons. The average Bonchev–Trinajstić information content (AvgIpc) is 2.61. The van der Waals surface area contributed by atoms with Gasteiger partial charge in [0.15, 0.2) is 17.6 Å². The van der Waals surface area contributed by atoms with Crippen LogP contribution >= 0.6 is 0 Å². The number of amides is 1. The van der Waals surface area contributed by atoms with E-state index in [-0.39, 0.29) is 5.56 Å². The molecule has 0 saturated heterocycles. The van der Waals surface area contributed by atoms with E-state index >= 15 is 0 Å². The van der Waals surface area contributed by atoms with Crippen LogP contribution in [0.1, 0.15) is 17.3 Å². The molecule has 25 heavy (non-hydrogen) atoms. The molecule has 6 nitrogen and oxygen atoms in total. The fourth-order valence-corrected chi connectivity index (χ4v) is 2.06. The van der Waals surface area contributed by atoms with Crippen LogP contribution in [-0.2, 0) is 9.53 Å². The molecule has 0 fully saturated rings. The van der Waals surface area contributed by atoms with E-state index in [0.717, 1.165) is 6.07 Å². The number of hydrogen-bond acceptors (Lipinski definition) is 5. The summed E-state index contributed by atoms with van der Waals surface area (Å²) in [6.07, 6.45) is -1.11. The molecule has 0 aliphatic heterocycles. The summed E-state index contributed by atoms with van der Waals surface area (Å²) in [4.78, 5) is 24.1. The van der Waals surface area contributed by atoms with Crippen molar-refractivity contribution in [3.05, 3.63) is 53.8 Å². The molecule has 0 unspecified atom stereocenters. The fraction of sp³-hybridized carbons (Fsp3) is 0.222. The highest BCUT2D eigenvalue weighted by molar-refractivity contribution is 5.97. The van der Waals surface area contributed by atoms with Gasteiger partial charge in [-0.2, -0.15) is 0 Å².